The Balaban J connectivity index is 2.02. The second-order valence-corrected chi connectivity index (χ2v) is 7.39. The van der Waals surface area contributed by atoms with Crippen LogP contribution in [0.15, 0.2) is 33.9 Å². The van der Waals surface area contributed by atoms with Gasteiger partial charge in [-0.3, -0.25) is 4.79 Å². The van der Waals surface area contributed by atoms with Crippen molar-refractivity contribution in [2.75, 3.05) is 7.11 Å². The number of methoxy groups -OCH3 is 1. The number of hydrogen-bond acceptors (Lipinski definition) is 6. The molecule has 2 rings (SSSR count). The van der Waals surface area contributed by atoms with Crippen molar-refractivity contribution < 1.29 is 13.9 Å². The molecule has 1 N–H and O–H groups in total. The van der Waals surface area contributed by atoms with Gasteiger partial charge in [-0.25, -0.2) is 0 Å². The molecule has 6 nitrogen and oxygen atoms in total. The molecule has 1 heterocycles. The third-order valence-corrected chi connectivity index (χ3v) is 3.82. The number of rotatable bonds is 5. The Hall–Kier alpha value is -2.02. The fourth-order valence-corrected chi connectivity index (χ4v) is 2.47. The van der Waals surface area contributed by atoms with Crippen LogP contribution in [-0.2, 0) is 4.79 Å². The lowest BCUT2D eigenvalue weighted by Crippen LogP contribution is -2.44. The average molecular weight is 335 g/mol. The molecule has 0 aliphatic rings. The molecule has 1 amide bonds. The highest BCUT2D eigenvalue weighted by molar-refractivity contribution is 8.00. The number of carbonyl (C=O) groups is 1. The molecule has 0 saturated carbocycles. The van der Waals surface area contributed by atoms with Crippen molar-refractivity contribution in [2.24, 2.45) is 0 Å². The van der Waals surface area contributed by atoms with Gasteiger partial charge in [-0.15, -0.1) is 10.2 Å². The van der Waals surface area contributed by atoms with E-state index in [4.69, 9.17) is 9.15 Å². The minimum Gasteiger partial charge on any atom is -0.497 e. The average Bonchev–Trinajstić information content (AvgIpc) is 2.94. The maximum Gasteiger partial charge on any atom is 0.277 e. The molecular weight excluding hydrogens is 314 g/mol. The van der Waals surface area contributed by atoms with Crippen LogP contribution in [0.1, 0.15) is 27.7 Å². The Kier molecular flexibility index (Phi) is 5.30. The van der Waals surface area contributed by atoms with E-state index in [0.717, 1.165) is 11.3 Å². The van der Waals surface area contributed by atoms with Crippen molar-refractivity contribution in [3.63, 3.8) is 0 Å². The molecule has 0 aliphatic carbocycles. The zero-order valence-electron chi connectivity index (χ0n) is 13.9. The second kappa shape index (κ2) is 7.04. The molecule has 2 aromatic rings. The van der Waals surface area contributed by atoms with Crippen LogP contribution in [0.25, 0.3) is 11.5 Å². The van der Waals surface area contributed by atoms with Gasteiger partial charge in [0.2, 0.25) is 11.8 Å². The lowest BCUT2D eigenvalue weighted by molar-refractivity contribution is -0.121. The summed E-state index contributed by atoms with van der Waals surface area (Å²) in [5, 5.41) is 11.0. The topological polar surface area (TPSA) is 77.2 Å². The third-order valence-electron chi connectivity index (χ3n) is 2.89. The van der Waals surface area contributed by atoms with Crippen molar-refractivity contribution in [1.82, 2.24) is 15.5 Å². The lowest BCUT2D eigenvalue weighted by Gasteiger charge is -2.22. The van der Waals surface area contributed by atoms with Gasteiger partial charge in [0, 0.05) is 11.1 Å². The fraction of sp³-hybridized carbons (Fsp3) is 0.438. The summed E-state index contributed by atoms with van der Waals surface area (Å²) in [6.45, 7) is 7.63. The highest BCUT2D eigenvalue weighted by Gasteiger charge is 2.22. The van der Waals surface area contributed by atoms with E-state index in [2.05, 4.69) is 15.5 Å². The van der Waals surface area contributed by atoms with Gasteiger partial charge in [0.1, 0.15) is 5.75 Å². The highest BCUT2D eigenvalue weighted by Crippen LogP contribution is 2.27. The third kappa shape index (κ3) is 4.99. The minimum atomic E-state index is -0.321. The highest BCUT2D eigenvalue weighted by atomic mass is 32.2. The predicted molar refractivity (Wildman–Crippen MR) is 89.5 cm³/mol. The van der Waals surface area contributed by atoms with Gasteiger partial charge >= 0.3 is 0 Å². The zero-order chi connectivity index (χ0) is 17.0. The Labute approximate surface area is 140 Å². The standard InChI is InChI=1S/C16H21N3O3S/c1-10(13(20)17-16(2,3)4)23-15-19-18-14(22-15)11-6-8-12(21-5)9-7-11/h6-10H,1-5H3,(H,17,20)/t10-/m1/s1. The predicted octanol–water partition coefficient (Wildman–Crippen LogP) is 3.14. The first kappa shape index (κ1) is 17.3. The van der Waals surface area contributed by atoms with Gasteiger partial charge in [-0.2, -0.15) is 0 Å². The number of aromatic nitrogens is 2. The van der Waals surface area contributed by atoms with E-state index in [-0.39, 0.29) is 16.7 Å². The Bertz CT molecular complexity index is 662. The second-order valence-electron chi connectivity index (χ2n) is 6.10. The van der Waals surface area contributed by atoms with E-state index in [9.17, 15) is 4.79 Å². The van der Waals surface area contributed by atoms with E-state index < -0.39 is 0 Å². The molecule has 0 bridgehead atoms. The molecule has 124 valence electrons. The van der Waals surface area contributed by atoms with Crippen LogP contribution >= 0.6 is 11.8 Å². The van der Waals surface area contributed by atoms with Crippen molar-refractivity contribution in [3.05, 3.63) is 24.3 Å². The number of nitrogens with one attached hydrogen (secondary N) is 1. The molecule has 0 unspecified atom stereocenters. The molecule has 0 saturated heterocycles. The smallest absolute Gasteiger partial charge is 0.277 e. The summed E-state index contributed by atoms with van der Waals surface area (Å²) in [5.41, 5.74) is 0.534. The SMILES string of the molecule is COc1ccc(-c2nnc(S[C@H](C)C(=O)NC(C)(C)C)o2)cc1. The maximum atomic E-state index is 12.1. The molecule has 1 atom stereocenters. The minimum absolute atomic E-state index is 0.0632. The molecule has 1 aromatic heterocycles. The van der Waals surface area contributed by atoms with E-state index in [0.29, 0.717) is 11.1 Å². The quantitative estimate of drug-likeness (QED) is 0.846. The summed E-state index contributed by atoms with van der Waals surface area (Å²) >= 11 is 1.24. The van der Waals surface area contributed by atoms with Crippen molar-refractivity contribution in [1.29, 1.82) is 0 Å². The van der Waals surface area contributed by atoms with Gasteiger partial charge in [-0.1, -0.05) is 11.8 Å². The van der Waals surface area contributed by atoms with Crippen molar-refractivity contribution in [3.8, 4) is 17.2 Å². The lowest BCUT2D eigenvalue weighted by atomic mass is 10.1. The number of ether oxygens (including phenoxy) is 1. The molecule has 7 heteroatoms. The molecule has 23 heavy (non-hydrogen) atoms. The molecule has 0 spiro atoms. The Morgan fingerprint density at radius 1 is 1.26 bits per heavy atom. The number of amides is 1. The van der Waals surface area contributed by atoms with Crippen LogP contribution in [0.2, 0.25) is 0 Å². The number of thioether (sulfide) groups is 1. The summed E-state index contributed by atoms with van der Waals surface area (Å²) in [4.78, 5) is 12.1. The van der Waals surface area contributed by atoms with Crippen molar-refractivity contribution >= 4 is 17.7 Å². The number of nitrogens with zero attached hydrogens (tertiary/aromatic N) is 2. The molecule has 0 fully saturated rings. The van der Waals surface area contributed by atoms with Crippen LogP contribution in [0.5, 0.6) is 5.75 Å². The van der Waals surface area contributed by atoms with E-state index in [1.807, 2.05) is 52.0 Å². The number of hydrogen-bond donors (Lipinski definition) is 1. The fourth-order valence-electron chi connectivity index (χ4n) is 1.78. The summed E-state index contributed by atoms with van der Waals surface area (Å²) in [5.74, 6) is 1.11. The van der Waals surface area contributed by atoms with Gasteiger partial charge in [0.15, 0.2) is 0 Å². The summed E-state index contributed by atoms with van der Waals surface area (Å²) in [6, 6.07) is 7.34. The molecule has 1 aromatic carbocycles. The first-order valence-corrected chi connectivity index (χ1v) is 8.13. The van der Waals surface area contributed by atoms with Crippen LogP contribution in [0.4, 0.5) is 0 Å². The van der Waals surface area contributed by atoms with Gasteiger partial charge in [0.05, 0.1) is 12.4 Å². The Morgan fingerprint density at radius 2 is 1.91 bits per heavy atom. The summed E-state index contributed by atoms with van der Waals surface area (Å²) in [7, 11) is 1.61. The normalized spacial score (nSPS) is 12.7. The number of benzene rings is 1. The van der Waals surface area contributed by atoms with Crippen LogP contribution in [0, 0.1) is 0 Å². The van der Waals surface area contributed by atoms with Crippen LogP contribution in [-0.4, -0.2) is 34.0 Å². The maximum absolute atomic E-state index is 12.1. The van der Waals surface area contributed by atoms with Gasteiger partial charge in [0.25, 0.3) is 5.22 Å². The van der Waals surface area contributed by atoms with E-state index >= 15 is 0 Å². The zero-order valence-corrected chi connectivity index (χ0v) is 14.7. The molecule has 0 radical (unpaired) electrons. The monoisotopic (exact) mass is 335 g/mol. The van der Waals surface area contributed by atoms with Crippen LogP contribution < -0.4 is 10.1 Å². The van der Waals surface area contributed by atoms with Crippen LogP contribution in [0.3, 0.4) is 0 Å². The van der Waals surface area contributed by atoms with Gasteiger partial charge in [-0.05, 0) is 52.0 Å². The summed E-state index contributed by atoms with van der Waals surface area (Å²) in [6.07, 6.45) is 0. The van der Waals surface area contributed by atoms with E-state index in [1.54, 1.807) is 7.11 Å². The first-order chi connectivity index (χ1) is 10.8. The molecule has 0 aliphatic heterocycles. The van der Waals surface area contributed by atoms with Crippen molar-refractivity contribution in [2.45, 2.75) is 43.7 Å². The summed E-state index contributed by atoms with van der Waals surface area (Å²) < 4.78 is 10.7. The number of carbonyl (C=O) groups excluding carboxylic acids is 1. The van der Waals surface area contributed by atoms with E-state index in [1.165, 1.54) is 11.8 Å². The largest absolute Gasteiger partial charge is 0.497 e. The molecular formula is C16H21N3O3S. The Morgan fingerprint density at radius 3 is 2.48 bits per heavy atom. The van der Waals surface area contributed by atoms with Gasteiger partial charge < -0.3 is 14.5 Å². The first-order valence-electron chi connectivity index (χ1n) is 7.25.